The summed E-state index contributed by atoms with van der Waals surface area (Å²) in [4.78, 5) is 50.4. The molecule has 12 heteroatoms. The summed E-state index contributed by atoms with van der Waals surface area (Å²) in [7, 11) is 3.05. The van der Waals surface area contributed by atoms with Crippen LogP contribution in [0.4, 0.5) is 17.1 Å². The molecule has 224 valence electrons. The number of anilines is 2. The molecule has 11 nitrogen and oxygen atoms in total. The highest BCUT2D eigenvalue weighted by Crippen LogP contribution is 2.27. The Morgan fingerprint density at radius 1 is 0.818 bits per heavy atom. The summed E-state index contributed by atoms with van der Waals surface area (Å²) >= 11 is 1.29. The number of benzene rings is 4. The minimum absolute atomic E-state index is 0.124. The van der Waals surface area contributed by atoms with Crippen molar-refractivity contribution in [2.75, 3.05) is 30.6 Å². The van der Waals surface area contributed by atoms with Crippen LogP contribution in [0, 0.1) is 10.1 Å². The van der Waals surface area contributed by atoms with Gasteiger partial charge in [-0.1, -0.05) is 30.3 Å². The number of rotatable bonds is 12. The first-order valence-corrected chi connectivity index (χ1v) is 14.1. The largest absolute Gasteiger partial charge is 0.497 e. The lowest BCUT2D eigenvalue weighted by Crippen LogP contribution is -2.30. The van der Waals surface area contributed by atoms with Crippen LogP contribution in [-0.4, -0.2) is 42.6 Å². The lowest BCUT2D eigenvalue weighted by Gasteiger charge is -2.12. The van der Waals surface area contributed by atoms with Gasteiger partial charge in [-0.3, -0.25) is 24.5 Å². The van der Waals surface area contributed by atoms with Gasteiger partial charge in [0.25, 0.3) is 17.5 Å². The van der Waals surface area contributed by atoms with Crippen LogP contribution >= 0.6 is 11.8 Å². The van der Waals surface area contributed by atoms with Crippen molar-refractivity contribution in [3.8, 4) is 11.5 Å². The van der Waals surface area contributed by atoms with E-state index in [0.29, 0.717) is 28.4 Å². The number of carbonyl (C=O) groups excluding carboxylic acids is 3. The molecule has 4 aromatic carbocycles. The standard InChI is InChI=1S/C32H28N4O7S/c1-42-25-17-24(18-26(19-25)43-2)33-30(37)20-44-27-14-12-23(13-15-27)34-32(39)28(35-31(38)21-8-4-3-5-9-21)16-22-10-6-7-11-29(22)36(40)41/h3-19H,20H2,1-2H3,(H,33,37)(H,34,39)(H,35,38)/b28-16-. The molecule has 0 bridgehead atoms. The second-order valence-corrected chi connectivity index (χ2v) is 10.2. The van der Waals surface area contributed by atoms with Crippen LogP contribution in [0.2, 0.25) is 0 Å². The van der Waals surface area contributed by atoms with E-state index in [1.165, 1.54) is 50.3 Å². The van der Waals surface area contributed by atoms with Crippen molar-refractivity contribution in [3.63, 3.8) is 0 Å². The number of carbonyl (C=O) groups is 3. The molecule has 0 aliphatic heterocycles. The topological polar surface area (TPSA) is 149 Å². The molecule has 0 unspecified atom stereocenters. The molecule has 0 atom stereocenters. The van der Waals surface area contributed by atoms with Crippen molar-refractivity contribution in [3.05, 3.63) is 124 Å². The third-order valence-electron chi connectivity index (χ3n) is 6.08. The van der Waals surface area contributed by atoms with Crippen LogP contribution in [0.5, 0.6) is 11.5 Å². The fourth-order valence-electron chi connectivity index (χ4n) is 3.93. The molecular weight excluding hydrogens is 584 g/mol. The van der Waals surface area contributed by atoms with E-state index in [1.54, 1.807) is 78.9 Å². The normalized spacial score (nSPS) is 10.8. The Morgan fingerprint density at radius 2 is 1.45 bits per heavy atom. The third-order valence-corrected chi connectivity index (χ3v) is 7.09. The molecule has 0 fully saturated rings. The van der Waals surface area contributed by atoms with E-state index in [2.05, 4.69) is 16.0 Å². The number of para-hydroxylation sites is 1. The molecule has 0 radical (unpaired) electrons. The minimum atomic E-state index is -0.680. The molecule has 0 saturated carbocycles. The van der Waals surface area contributed by atoms with E-state index in [4.69, 9.17) is 9.47 Å². The van der Waals surface area contributed by atoms with Gasteiger partial charge in [-0.2, -0.15) is 0 Å². The predicted octanol–water partition coefficient (Wildman–Crippen LogP) is 5.75. The van der Waals surface area contributed by atoms with Gasteiger partial charge < -0.3 is 25.4 Å². The first-order valence-electron chi connectivity index (χ1n) is 13.1. The average Bonchev–Trinajstić information content (AvgIpc) is 3.04. The van der Waals surface area contributed by atoms with E-state index in [0.717, 1.165) is 4.90 Å². The minimum Gasteiger partial charge on any atom is -0.497 e. The van der Waals surface area contributed by atoms with Gasteiger partial charge >= 0.3 is 0 Å². The zero-order chi connectivity index (χ0) is 31.5. The van der Waals surface area contributed by atoms with Crippen molar-refractivity contribution < 1.29 is 28.8 Å². The highest BCUT2D eigenvalue weighted by molar-refractivity contribution is 8.00. The SMILES string of the molecule is COc1cc(NC(=O)CSc2ccc(NC(=O)/C(=C/c3ccccc3[N+](=O)[O-])NC(=O)c3ccccc3)cc2)cc(OC)c1. The molecule has 0 aliphatic rings. The number of nitrogens with one attached hydrogen (secondary N) is 3. The van der Waals surface area contributed by atoms with Crippen LogP contribution in [0.25, 0.3) is 6.08 Å². The number of hydrogen-bond acceptors (Lipinski definition) is 8. The predicted molar refractivity (Wildman–Crippen MR) is 169 cm³/mol. The Hall–Kier alpha value is -5.62. The molecule has 0 aromatic heterocycles. The van der Waals surface area contributed by atoms with Gasteiger partial charge in [-0.25, -0.2) is 0 Å². The van der Waals surface area contributed by atoms with Gasteiger partial charge in [0.1, 0.15) is 17.2 Å². The van der Waals surface area contributed by atoms with Gasteiger partial charge in [-0.05, 0) is 48.5 Å². The zero-order valence-electron chi connectivity index (χ0n) is 23.7. The van der Waals surface area contributed by atoms with Crippen molar-refractivity contribution in [2.45, 2.75) is 4.90 Å². The molecule has 44 heavy (non-hydrogen) atoms. The van der Waals surface area contributed by atoms with Crippen molar-refractivity contribution in [2.24, 2.45) is 0 Å². The molecule has 0 aliphatic carbocycles. The second-order valence-electron chi connectivity index (χ2n) is 9.11. The number of methoxy groups -OCH3 is 2. The highest BCUT2D eigenvalue weighted by Gasteiger charge is 2.18. The quantitative estimate of drug-likeness (QED) is 0.0792. The number of thioether (sulfide) groups is 1. The number of nitrogens with zero attached hydrogens (tertiary/aromatic N) is 1. The lowest BCUT2D eigenvalue weighted by molar-refractivity contribution is -0.385. The Bertz CT molecular complexity index is 1670. The van der Waals surface area contributed by atoms with E-state index in [-0.39, 0.29) is 28.6 Å². The number of hydrogen-bond donors (Lipinski definition) is 3. The van der Waals surface area contributed by atoms with Crippen LogP contribution in [-0.2, 0) is 9.59 Å². The number of nitro groups is 1. The Labute approximate surface area is 257 Å². The van der Waals surface area contributed by atoms with E-state index in [1.807, 2.05) is 0 Å². The van der Waals surface area contributed by atoms with Gasteiger partial charge in [0.05, 0.1) is 30.5 Å². The fourth-order valence-corrected chi connectivity index (χ4v) is 4.63. The summed E-state index contributed by atoms with van der Waals surface area (Å²) in [6.07, 6.45) is 1.26. The maximum absolute atomic E-state index is 13.3. The summed E-state index contributed by atoms with van der Waals surface area (Å²) < 4.78 is 10.5. The van der Waals surface area contributed by atoms with E-state index in [9.17, 15) is 24.5 Å². The number of amides is 3. The maximum Gasteiger partial charge on any atom is 0.276 e. The summed E-state index contributed by atoms with van der Waals surface area (Å²) in [6.45, 7) is 0. The molecule has 0 spiro atoms. The summed E-state index contributed by atoms with van der Waals surface area (Å²) in [5.41, 5.74) is 1.00. The first-order chi connectivity index (χ1) is 21.2. The smallest absolute Gasteiger partial charge is 0.276 e. The Morgan fingerprint density at radius 3 is 2.09 bits per heavy atom. The van der Waals surface area contributed by atoms with Crippen LogP contribution in [0.1, 0.15) is 15.9 Å². The van der Waals surface area contributed by atoms with Crippen LogP contribution in [0.15, 0.2) is 108 Å². The summed E-state index contributed by atoms with van der Waals surface area (Å²) in [6, 6.07) is 26.0. The zero-order valence-corrected chi connectivity index (χ0v) is 24.6. The van der Waals surface area contributed by atoms with Gasteiger partial charge in [0.2, 0.25) is 5.91 Å². The van der Waals surface area contributed by atoms with Gasteiger partial charge in [-0.15, -0.1) is 11.8 Å². The van der Waals surface area contributed by atoms with Crippen molar-refractivity contribution in [1.29, 1.82) is 0 Å². The molecule has 3 N–H and O–H groups in total. The molecular formula is C32H28N4O7S. The molecule has 0 saturated heterocycles. The van der Waals surface area contributed by atoms with Crippen molar-refractivity contribution in [1.82, 2.24) is 5.32 Å². The van der Waals surface area contributed by atoms with E-state index < -0.39 is 16.7 Å². The molecule has 3 amide bonds. The lowest BCUT2D eigenvalue weighted by atomic mass is 10.1. The first kappa shape index (κ1) is 31.3. The van der Waals surface area contributed by atoms with Crippen molar-refractivity contribution >= 4 is 52.6 Å². The number of nitro benzene ring substituents is 1. The highest BCUT2D eigenvalue weighted by atomic mass is 32.2. The molecule has 4 aromatic rings. The average molecular weight is 613 g/mol. The Balaban J connectivity index is 1.44. The molecule has 4 rings (SSSR count). The number of ether oxygens (including phenoxy) is 2. The van der Waals surface area contributed by atoms with Crippen LogP contribution < -0.4 is 25.4 Å². The van der Waals surface area contributed by atoms with Gasteiger partial charge in [0.15, 0.2) is 0 Å². The second kappa shape index (κ2) is 15.0. The third kappa shape index (κ3) is 8.69. The van der Waals surface area contributed by atoms with E-state index >= 15 is 0 Å². The monoisotopic (exact) mass is 612 g/mol. The molecule has 0 heterocycles. The maximum atomic E-state index is 13.3. The van der Waals surface area contributed by atoms with Gasteiger partial charge in [0, 0.05) is 46.1 Å². The summed E-state index contributed by atoms with van der Waals surface area (Å²) in [5.74, 6) is -0.251. The van der Waals surface area contributed by atoms with Crippen LogP contribution in [0.3, 0.4) is 0 Å². The Kier molecular flexibility index (Phi) is 10.7. The fraction of sp³-hybridized carbons (Fsp3) is 0.0938. The summed E-state index contributed by atoms with van der Waals surface area (Å²) in [5, 5.41) is 19.6.